The van der Waals surface area contributed by atoms with Crippen LogP contribution in [-0.4, -0.2) is 37.1 Å². The van der Waals surface area contributed by atoms with Gasteiger partial charge < -0.3 is 10.2 Å². The molecule has 0 aromatic carbocycles. The Morgan fingerprint density at radius 1 is 1.31 bits per heavy atom. The molecule has 1 heterocycles. The van der Waals surface area contributed by atoms with Gasteiger partial charge in [0.2, 0.25) is 0 Å². The number of rotatable bonds is 3. The molecule has 0 amide bonds. The Hall–Kier alpha value is -0.0800. The van der Waals surface area contributed by atoms with Crippen LogP contribution in [0.1, 0.15) is 40.5 Å². The van der Waals surface area contributed by atoms with Crippen LogP contribution in [-0.2, 0) is 0 Å². The second-order valence-electron chi connectivity index (χ2n) is 3.33. The van der Waals surface area contributed by atoms with Crippen molar-refractivity contribution in [1.82, 2.24) is 10.2 Å². The Labute approximate surface area is 83.7 Å². The molecule has 0 aromatic rings. The van der Waals surface area contributed by atoms with E-state index in [9.17, 15) is 0 Å². The van der Waals surface area contributed by atoms with E-state index in [4.69, 9.17) is 0 Å². The third-order valence-corrected chi connectivity index (χ3v) is 2.42. The molecule has 0 aliphatic carbocycles. The van der Waals surface area contributed by atoms with Crippen molar-refractivity contribution in [1.29, 1.82) is 0 Å². The van der Waals surface area contributed by atoms with E-state index in [1.54, 1.807) is 0 Å². The molecular weight excluding hydrogens is 160 g/mol. The number of piperazine rings is 1. The van der Waals surface area contributed by atoms with Crippen LogP contribution in [0.15, 0.2) is 0 Å². The van der Waals surface area contributed by atoms with Crippen molar-refractivity contribution in [3.63, 3.8) is 0 Å². The first-order chi connectivity index (χ1) is 6.36. The number of nitrogens with one attached hydrogen (secondary N) is 1. The SMILES string of the molecule is CC.CCCC1CN(CC)CCN1. The summed E-state index contributed by atoms with van der Waals surface area (Å²) >= 11 is 0. The summed E-state index contributed by atoms with van der Waals surface area (Å²) in [7, 11) is 0. The van der Waals surface area contributed by atoms with Crippen molar-refractivity contribution in [2.75, 3.05) is 26.2 Å². The number of nitrogens with zero attached hydrogens (tertiary/aromatic N) is 1. The second-order valence-corrected chi connectivity index (χ2v) is 3.33. The Balaban J connectivity index is 0.000000671. The first-order valence-corrected chi connectivity index (χ1v) is 5.82. The first kappa shape index (κ1) is 12.9. The second kappa shape index (κ2) is 8.52. The largest absolute Gasteiger partial charge is 0.311 e. The van der Waals surface area contributed by atoms with Crippen LogP contribution in [0.25, 0.3) is 0 Å². The van der Waals surface area contributed by atoms with Crippen LogP contribution in [0.4, 0.5) is 0 Å². The molecule has 13 heavy (non-hydrogen) atoms. The van der Waals surface area contributed by atoms with Crippen LogP contribution >= 0.6 is 0 Å². The molecule has 1 aliphatic rings. The van der Waals surface area contributed by atoms with Crippen molar-refractivity contribution in [3.05, 3.63) is 0 Å². The molecule has 0 bridgehead atoms. The van der Waals surface area contributed by atoms with Gasteiger partial charge in [0.05, 0.1) is 0 Å². The number of hydrogen-bond donors (Lipinski definition) is 1. The normalized spacial score (nSPS) is 23.5. The first-order valence-electron chi connectivity index (χ1n) is 5.82. The summed E-state index contributed by atoms with van der Waals surface area (Å²) in [4.78, 5) is 2.52. The van der Waals surface area contributed by atoms with Gasteiger partial charge in [-0.2, -0.15) is 0 Å². The van der Waals surface area contributed by atoms with Crippen molar-refractivity contribution in [3.8, 4) is 0 Å². The van der Waals surface area contributed by atoms with Gasteiger partial charge in [-0.3, -0.25) is 0 Å². The van der Waals surface area contributed by atoms with Gasteiger partial charge in [0, 0.05) is 25.7 Å². The fraction of sp³-hybridized carbons (Fsp3) is 1.00. The summed E-state index contributed by atoms with van der Waals surface area (Å²) in [5.74, 6) is 0. The van der Waals surface area contributed by atoms with Gasteiger partial charge in [-0.1, -0.05) is 34.1 Å². The number of hydrogen-bond acceptors (Lipinski definition) is 2. The third-order valence-electron chi connectivity index (χ3n) is 2.42. The van der Waals surface area contributed by atoms with E-state index in [2.05, 4.69) is 24.1 Å². The summed E-state index contributed by atoms with van der Waals surface area (Å²) < 4.78 is 0. The molecule has 1 unspecified atom stereocenters. The highest BCUT2D eigenvalue weighted by molar-refractivity contribution is 4.77. The summed E-state index contributed by atoms with van der Waals surface area (Å²) in [6.45, 7) is 13.4. The van der Waals surface area contributed by atoms with E-state index < -0.39 is 0 Å². The molecule has 1 saturated heterocycles. The zero-order chi connectivity index (χ0) is 10.1. The molecule has 1 atom stereocenters. The lowest BCUT2D eigenvalue weighted by Gasteiger charge is -2.32. The summed E-state index contributed by atoms with van der Waals surface area (Å²) in [6, 6.07) is 0.758. The summed E-state index contributed by atoms with van der Waals surface area (Å²) in [5.41, 5.74) is 0. The number of likely N-dealkylation sites (N-methyl/N-ethyl adjacent to an activating group) is 1. The van der Waals surface area contributed by atoms with Gasteiger partial charge in [-0.25, -0.2) is 0 Å². The Bertz CT molecular complexity index is 102. The fourth-order valence-corrected chi connectivity index (χ4v) is 1.72. The topological polar surface area (TPSA) is 15.3 Å². The molecule has 1 rings (SSSR count). The highest BCUT2D eigenvalue weighted by atomic mass is 15.2. The maximum Gasteiger partial charge on any atom is 0.0195 e. The fourth-order valence-electron chi connectivity index (χ4n) is 1.72. The molecule has 80 valence electrons. The molecule has 1 N–H and O–H groups in total. The van der Waals surface area contributed by atoms with E-state index in [0.717, 1.165) is 6.04 Å². The van der Waals surface area contributed by atoms with Gasteiger partial charge in [0.25, 0.3) is 0 Å². The van der Waals surface area contributed by atoms with Crippen LogP contribution in [0.5, 0.6) is 0 Å². The van der Waals surface area contributed by atoms with Crippen LogP contribution in [0.3, 0.4) is 0 Å². The van der Waals surface area contributed by atoms with Gasteiger partial charge in [0.15, 0.2) is 0 Å². The van der Waals surface area contributed by atoms with E-state index >= 15 is 0 Å². The lowest BCUT2D eigenvalue weighted by atomic mass is 10.1. The molecule has 0 aromatic heterocycles. The van der Waals surface area contributed by atoms with Crippen molar-refractivity contribution >= 4 is 0 Å². The molecule has 1 fully saturated rings. The predicted molar refractivity (Wildman–Crippen MR) is 60.2 cm³/mol. The minimum Gasteiger partial charge on any atom is -0.311 e. The average Bonchev–Trinajstić information content (AvgIpc) is 2.22. The Morgan fingerprint density at radius 3 is 2.54 bits per heavy atom. The van der Waals surface area contributed by atoms with Gasteiger partial charge in [0.1, 0.15) is 0 Å². The van der Waals surface area contributed by atoms with E-state index in [0.29, 0.717) is 0 Å². The van der Waals surface area contributed by atoms with Crippen LogP contribution < -0.4 is 5.32 Å². The standard InChI is InChI=1S/C9H20N2.C2H6/c1-3-5-9-8-11(4-2)7-6-10-9;1-2/h9-10H,3-8H2,1-2H3;1-2H3. The van der Waals surface area contributed by atoms with Crippen LogP contribution in [0.2, 0.25) is 0 Å². The Morgan fingerprint density at radius 2 is 2.00 bits per heavy atom. The quantitative estimate of drug-likeness (QED) is 0.726. The molecule has 2 nitrogen and oxygen atoms in total. The predicted octanol–water partition coefficient (Wildman–Crippen LogP) is 2.11. The van der Waals surface area contributed by atoms with Gasteiger partial charge >= 0.3 is 0 Å². The van der Waals surface area contributed by atoms with E-state index in [1.165, 1.54) is 39.0 Å². The van der Waals surface area contributed by atoms with Crippen LogP contribution in [0, 0.1) is 0 Å². The molecule has 0 radical (unpaired) electrons. The van der Waals surface area contributed by atoms with E-state index in [-0.39, 0.29) is 0 Å². The highest BCUT2D eigenvalue weighted by Crippen LogP contribution is 2.03. The minimum absolute atomic E-state index is 0.758. The average molecular weight is 186 g/mol. The smallest absolute Gasteiger partial charge is 0.0195 e. The maximum absolute atomic E-state index is 3.54. The molecule has 0 spiro atoms. The monoisotopic (exact) mass is 186 g/mol. The van der Waals surface area contributed by atoms with Crippen molar-refractivity contribution < 1.29 is 0 Å². The molecule has 2 heteroatoms. The van der Waals surface area contributed by atoms with E-state index in [1.807, 2.05) is 13.8 Å². The van der Waals surface area contributed by atoms with Crippen molar-refractivity contribution in [2.24, 2.45) is 0 Å². The maximum atomic E-state index is 3.54. The summed E-state index contributed by atoms with van der Waals surface area (Å²) in [5, 5.41) is 3.54. The molecular formula is C11H26N2. The molecule has 1 aliphatic heterocycles. The zero-order valence-electron chi connectivity index (χ0n) is 9.77. The lowest BCUT2D eigenvalue weighted by Crippen LogP contribution is -2.50. The Kier molecular flexibility index (Phi) is 8.46. The minimum atomic E-state index is 0.758. The highest BCUT2D eigenvalue weighted by Gasteiger charge is 2.16. The third kappa shape index (κ3) is 5.27. The van der Waals surface area contributed by atoms with Crippen molar-refractivity contribution in [2.45, 2.75) is 46.6 Å². The molecule has 0 saturated carbocycles. The summed E-state index contributed by atoms with van der Waals surface area (Å²) in [6.07, 6.45) is 2.63. The van der Waals surface area contributed by atoms with Gasteiger partial charge in [-0.05, 0) is 13.0 Å². The van der Waals surface area contributed by atoms with Gasteiger partial charge in [-0.15, -0.1) is 0 Å². The lowest BCUT2D eigenvalue weighted by molar-refractivity contribution is 0.202. The zero-order valence-corrected chi connectivity index (χ0v) is 9.77.